The van der Waals surface area contributed by atoms with E-state index in [9.17, 15) is 9.90 Å². The summed E-state index contributed by atoms with van der Waals surface area (Å²) < 4.78 is 0. The molecule has 0 saturated heterocycles. The predicted octanol–water partition coefficient (Wildman–Crippen LogP) is 3.91. The average molecular weight is 255 g/mol. The molecular weight excluding hydrogens is 234 g/mol. The van der Waals surface area contributed by atoms with Crippen LogP contribution in [0.5, 0.6) is 5.88 Å². The first-order valence-electron chi connectivity index (χ1n) is 6.32. The van der Waals surface area contributed by atoms with Gasteiger partial charge in [0.15, 0.2) is 0 Å². The van der Waals surface area contributed by atoms with Crippen molar-refractivity contribution in [3.63, 3.8) is 0 Å². The van der Waals surface area contributed by atoms with E-state index in [0.717, 1.165) is 17.8 Å². The van der Waals surface area contributed by atoms with Crippen LogP contribution < -0.4 is 4.87 Å². The molecule has 0 amide bonds. The lowest BCUT2D eigenvalue weighted by atomic mass is 10.1. The number of unbranched alkanes of at least 4 members (excludes halogenated alkanes) is 6. The molecular formula is C13H21NO2S. The lowest BCUT2D eigenvalue weighted by Gasteiger charge is -1.97. The standard InChI is InChI=1S/C13H21NO2S/c1-2-3-4-5-6-7-8-9-10-11-12(15)14-13(16)17-11/h9-10,15H,2-8H2,1H3,(H,14,16)/b10-9-. The summed E-state index contributed by atoms with van der Waals surface area (Å²) in [5.74, 6) is -0.0146. The van der Waals surface area contributed by atoms with Crippen LogP contribution in [0.3, 0.4) is 0 Å². The molecule has 1 aromatic heterocycles. The van der Waals surface area contributed by atoms with Crippen molar-refractivity contribution < 1.29 is 5.11 Å². The Morgan fingerprint density at radius 3 is 2.59 bits per heavy atom. The molecule has 1 heterocycles. The van der Waals surface area contributed by atoms with Crippen LogP contribution in [-0.2, 0) is 0 Å². The summed E-state index contributed by atoms with van der Waals surface area (Å²) >= 11 is 1.04. The van der Waals surface area contributed by atoms with E-state index in [1.807, 2.05) is 12.2 Å². The third-order valence-corrected chi connectivity index (χ3v) is 3.49. The van der Waals surface area contributed by atoms with Gasteiger partial charge >= 0.3 is 4.87 Å². The maximum Gasteiger partial charge on any atom is 0.307 e. The van der Waals surface area contributed by atoms with Gasteiger partial charge in [0.25, 0.3) is 0 Å². The highest BCUT2D eigenvalue weighted by atomic mass is 32.1. The minimum atomic E-state index is -0.207. The molecule has 0 bridgehead atoms. The second-order valence-electron chi connectivity index (χ2n) is 4.19. The maximum absolute atomic E-state index is 10.9. The molecule has 2 N–H and O–H groups in total. The number of H-pyrrole nitrogens is 1. The van der Waals surface area contributed by atoms with E-state index in [1.165, 1.54) is 38.5 Å². The van der Waals surface area contributed by atoms with Gasteiger partial charge in [-0.3, -0.25) is 9.78 Å². The zero-order valence-electron chi connectivity index (χ0n) is 10.4. The number of hydrogen-bond donors (Lipinski definition) is 2. The van der Waals surface area contributed by atoms with Crippen molar-refractivity contribution >= 4 is 17.4 Å². The van der Waals surface area contributed by atoms with E-state index in [2.05, 4.69) is 11.9 Å². The molecule has 1 rings (SSSR count). The van der Waals surface area contributed by atoms with Crippen molar-refractivity contribution in [2.75, 3.05) is 0 Å². The molecule has 17 heavy (non-hydrogen) atoms. The first-order valence-corrected chi connectivity index (χ1v) is 7.14. The quantitative estimate of drug-likeness (QED) is 0.692. The molecule has 0 saturated carbocycles. The number of aromatic hydroxyl groups is 1. The summed E-state index contributed by atoms with van der Waals surface area (Å²) in [6, 6.07) is 0. The molecule has 4 heteroatoms. The third kappa shape index (κ3) is 5.73. The molecule has 0 atom stereocenters. The highest BCUT2D eigenvalue weighted by Gasteiger charge is 2.01. The van der Waals surface area contributed by atoms with Crippen molar-refractivity contribution in [2.24, 2.45) is 0 Å². The van der Waals surface area contributed by atoms with Gasteiger partial charge in [-0.2, -0.15) is 0 Å². The van der Waals surface area contributed by atoms with E-state index in [0.29, 0.717) is 4.88 Å². The van der Waals surface area contributed by atoms with E-state index < -0.39 is 0 Å². The minimum Gasteiger partial charge on any atom is -0.493 e. The fraction of sp³-hybridized carbons (Fsp3) is 0.615. The second-order valence-corrected chi connectivity index (χ2v) is 5.20. The highest BCUT2D eigenvalue weighted by molar-refractivity contribution is 7.10. The number of nitrogens with one attached hydrogen (secondary N) is 1. The Morgan fingerprint density at radius 2 is 1.94 bits per heavy atom. The Balaban J connectivity index is 2.14. The number of rotatable bonds is 8. The molecule has 0 aliphatic heterocycles. The van der Waals surface area contributed by atoms with Crippen LogP contribution in [0.4, 0.5) is 0 Å². The van der Waals surface area contributed by atoms with Crippen molar-refractivity contribution in [3.05, 3.63) is 20.6 Å². The Labute approximate surface area is 106 Å². The Bertz CT molecular complexity index is 392. The lowest BCUT2D eigenvalue weighted by molar-refractivity contribution is 0.455. The van der Waals surface area contributed by atoms with Crippen molar-refractivity contribution in [1.29, 1.82) is 0 Å². The highest BCUT2D eigenvalue weighted by Crippen LogP contribution is 2.18. The van der Waals surface area contributed by atoms with Gasteiger partial charge in [0.2, 0.25) is 5.88 Å². The largest absolute Gasteiger partial charge is 0.493 e. The van der Waals surface area contributed by atoms with Gasteiger partial charge in [0, 0.05) is 0 Å². The molecule has 0 radical (unpaired) electrons. The molecule has 96 valence electrons. The van der Waals surface area contributed by atoms with E-state index >= 15 is 0 Å². The van der Waals surface area contributed by atoms with Gasteiger partial charge in [-0.15, -0.1) is 0 Å². The van der Waals surface area contributed by atoms with Gasteiger partial charge < -0.3 is 5.11 Å². The topological polar surface area (TPSA) is 53.1 Å². The Hall–Kier alpha value is -1.03. The minimum absolute atomic E-state index is 0.0146. The fourth-order valence-electron chi connectivity index (χ4n) is 1.68. The van der Waals surface area contributed by atoms with E-state index in [4.69, 9.17) is 0 Å². The van der Waals surface area contributed by atoms with Crippen molar-refractivity contribution in [3.8, 4) is 5.88 Å². The normalized spacial score (nSPS) is 11.4. The molecule has 0 aromatic carbocycles. The predicted molar refractivity (Wildman–Crippen MR) is 73.6 cm³/mol. The van der Waals surface area contributed by atoms with Crippen LogP contribution in [0.1, 0.15) is 56.7 Å². The van der Waals surface area contributed by atoms with E-state index in [1.54, 1.807) is 0 Å². The molecule has 0 fully saturated rings. The van der Waals surface area contributed by atoms with Crippen LogP contribution in [0.15, 0.2) is 10.9 Å². The molecule has 3 nitrogen and oxygen atoms in total. The van der Waals surface area contributed by atoms with Gasteiger partial charge in [0.05, 0.1) is 4.88 Å². The zero-order chi connectivity index (χ0) is 12.5. The number of hydrogen-bond acceptors (Lipinski definition) is 3. The summed E-state index contributed by atoms with van der Waals surface area (Å²) in [7, 11) is 0. The van der Waals surface area contributed by atoms with E-state index in [-0.39, 0.29) is 10.8 Å². The first-order chi connectivity index (χ1) is 8.24. The van der Waals surface area contributed by atoms with Crippen LogP contribution >= 0.6 is 11.3 Å². The van der Waals surface area contributed by atoms with Gasteiger partial charge in [-0.05, 0) is 18.9 Å². The van der Waals surface area contributed by atoms with Gasteiger partial charge in [0.1, 0.15) is 0 Å². The first kappa shape index (κ1) is 14.0. The van der Waals surface area contributed by atoms with Gasteiger partial charge in [-0.25, -0.2) is 0 Å². The van der Waals surface area contributed by atoms with Crippen LogP contribution in [-0.4, -0.2) is 10.1 Å². The molecule has 0 spiro atoms. The lowest BCUT2D eigenvalue weighted by Crippen LogP contribution is -1.89. The monoisotopic (exact) mass is 255 g/mol. The SMILES string of the molecule is CCCCCCCC/C=C\c1sc(=O)[nH]c1O. The summed E-state index contributed by atoms with van der Waals surface area (Å²) in [6.07, 6.45) is 12.6. The maximum atomic E-state index is 10.9. The average Bonchev–Trinajstić information content (AvgIpc) is 2.61. The number of aromatic amines is 1. The molecule has 0 unspecified atom stereocenters. The van der Waals surface area contributed by atoms with Crippen LogP contribution in [0.25, 0.3) is 6.08 Å². The Kier molecular flexibility index (Phi) is 6.70. The fourth-order valence-corrected chi connectivity index (χ4v) is 2.34. The number of allylic oxidation sites excluding steroid dienone is 1. The smallest absolute Gasteiger partial charge is 0.307 e. The van der Waals surface area contributed by atoms with Crippen LogP contribution in [0, 0.1) is 0 Å². The number of thiazole rings is 1. The summed E-state index contributed by atoms with van der Waals surface area (Å²) in [6.45, 7) is 2.22. The molecule has 1 aromatic rings. The van der Waals surface area contributed by atoms with Crippen molar-refractivity contribution in [2.45, 2.75) is 51.9 Å². The summed E-state index contributed by atoms with van der Waals surface area (Å²) in [5, 5.41) is 9.33. The molecule has 0 aliphatic rings. The number of aromatic nitrogens is 1. The second kappa shape index (κ2) is 8.12. The zero-order valence-corrected chi connectivity index (χ0v) is 11.2. The third-order valence-electron chi connectivity index (χ3n) is 2.65. The van der Waals surface area contributed by atoms with Crippen LogP contribution in [0.2, 0.25) is 0 Å². The summed E-state index contributed by atoms with van der Waals surface area (Å²) in [4.78, 5) is 13.7. The van der Waals surface area contributed by atoms with Crippen molar-refractivity contribution in [1.82, 2.24) is 4.98 Å². The Morgan fingerprint density at radius 1 is 1.24 bits per heavy atom. The summed E-state index contributed by atoms with van der Waals surface area (Å²) in [5.41, 5.74) is 0. The van der Waals surface area contributed by atoms with Gasteiger partial charge in [-0.1, -0.05) is 56.4 Å². The molecule has 0 aliphatic carbocycles.